The topological polar surface area (TPSA) is 46.5 Å². The zero-order valence-electron chi connectivity index (χ0n) is 11.3. The van der Waals surface area contributed by atoms with E-state index in [1.54, 1.807) is 11.8 Å². The van der Waals surface area contributed by atoms with Crippen molar-refractivity contribution in [1.29, 1.82) is 0 Å². The fourth-order valence-corrected chi connectivity index (χ4v) is 3.24. The Morgan fingerprint density at radius 3 is 2.53 bits per heavy atom. The number of hydrogen-bond donors (Lipinski definition) is 1. The van der Waals surface area contributed by atoms with E-state index in [0.717, 1.165) is 24.3 Å². The van der Waals surface area contributed by atoms with Crippen LogP contribution in [0.4, 0.5) is 0 Å². The molecular formula is C13H24O3S. The monoisotopic (exact) mass is 260 g/mol. The maximum Gasteiger partial charge on any atom is 0.306 e. The van der Waals surface area contributed by atoms with Crippen LogP contribution < -0.4 is 0 Å². The largest absolute Gasteiger partial charge is 0.469 e. The molecule has 1 aliphatic rings. The summed E-state index contributed by atoms with van der Waals surface area (Å²) in [6.07, 6.45) is 2.75. The molecule has 0 spiro atoms. The fourth-order valence-electron chi connectivity index (χ4n) is 1.57. The highest BCUT2D eigenvalue weighted by molar-refractivity contribution is 7.99. The zero-order valence-corrected chi connectivity index (χ0v) is 12.1. The summed E-state index contributed by atoms with van der Waals surface area (Å²) < 4.78 is 4.71. The molecule has 1 rings (SSSR count). The Labute approximate surface area is 108 Å². The van der Waals surface area contributed by atoms with Crippen LogP contribution in [0.15, 0.2) is 0 Å². The fraction of sp³-hybridized carbons (Fsp3) is 0.923. The molecule has 1 unspecified atom stereocenters. The number of ether oxygens (including phenoxy) is 1. The van der Waals surface area contributed by atoms with E-state index >= 15 is 0 Å². The van der Waals surface area contributed by atoms with Crippen LogP contribution in [-0.4, -0.2) is 35.3 Å². The Bertz CT molecular complexity index is 270. The van der Waals surface area contributed by atoms with Crippen LogP contribution >= 0.6 is 11.8 Å². The highest BCUT2D eigenvalue weighted by atomic mass is 32.2. The van der Waals surface area contributed by atoms with E-state index in [-0.39, 0.29) is 17.3 Å². The third-order valence-corrected chi connectivity index (χ3v) is 5.36. The van der Waals surface area contributed by atoms with Gasteiger partial charge in [0.15, 0.2) is 0 Å². The van der Waals surface area contributed by atoms with Crippen molar-refractivity contribution in [2.75, 3.05) is 18.6 Å². The van der Waals surface area contributed by atoms with Crippen LogP contribution in [0.25, 0.3) is 0 Å². The van der Waals surface area contributed by atoms with Crippen LogP contribution in [0, 0.1) is 11.3 Å². The molecule has 3 nitrogen and oxygen atoms in total. The number of carbonyl (C=O) groups is 1. The molecule has 0 aromatic rings. The minimum Gasteiger partial charge on any atom is -0.469 e. The second kappa shape index (κ2) is 5.61. The van der Waals surface area contributed by atoms with Gasteiger partial charge in [-0.15, -0.1) is 0 Å². The standard InChI is InChI=1S/C13H24O3S/c1-10(2)12(3,15)8-17-9-13(5-6-13)7-11(14)16-4/h10,15H,5-9H2,1-4H3. The molecule has 0 aromatic carbocycles. The van der Waals surface area contributed by atoms with Crippen molar-refractivity contribution in [3.05, 3.63) is 0 Å². The predicted molar refractivity (Wildman–Crippen MR) is 71.1 cm³/mol. The molecular weight excluding hydrogens is 236 g/mol. The third-order valence-electron chi connectivity index (χ3n) is 3.75. The SMILES string of the molecule is COC(=O)CC1(CSCC(C)(O)C(C)C)CC1. The Balaban J connectivity index is 2.29. The van der Waals surface area contributed by atoms with Gasteiger partial charge in [-0.1, -0.05) is 13.8 Å². The second-order valence-electron chi connectivity index (χ2n) is 5.76. The Hall–Kier alpha value is -0.220. The maximum atomic E-state index is 11.3. The van der Waals surface area contributed by atoms with Crippen LogP contribution in [0.1, 0.15) is 40.0 Å². The van der Waals surface area contributed by atoms with Crippen molar-refractivity contribution in [3.63, 3.8) is 0 Å². The van der Waals surface area contributed by atoms with Crippen molar-refractivity contribution < 1.29 is 14.6 Å². The van der Waals surface area contributed by atoms with Gasteiger partial charge in [0.1, 0.15) is 0 Å². The molecule has 0 radical (unpaired) electrons. The molecule has 0 saturated heterocycles. The first-order chi connectivity index (χ1) is 7.81. The van der Waals surface area contributed by atoms with Crippen LogP contribution in [-0.2, 0) is 9.53 Å². The molecule has 1 saturated carbocycles. The summed E-state index contributed by atoms with van der Waals surface area (Å²) >= 11 is 1.75. The molecule has 17 heavy (non-hydrogen) atoms. The summed E-state index contributed by atoms with van der Waals surface area (Å²) in [5.74, 6) is 1.82. The molecule has 1 N–H and O–H groups in total. The lowest BCUT2D eigenvalue weighted by Crippen LogP contribution is -2.34. The van der Waals surface area contributed by atoms with Gasteiger partial charge in [-0.3, -0.25) is 4.79 Å². The van der Waals surface area contributed by atoms with Gasteiger partial charge in [-0.25, -0.2) is 0 Å². The van der Waals surface area contributed by atoms with Crippen molar-refractivity contribution in [1.82, 2.24) is 0 Å². The summed E-state index contributed by atoms with van der Waals surface area (Å²) in [4.78, 5) is 11.3. The molecule has 1 atom stereocenters. The minimum absolute atomic E-state index is 0.112. The van der Waals surface area contributed by atoms with Gasteiger partial charge >= 0.3 is 5.97 Å². The Kier molecular flexibility index (Phi) is 4.90. The number of esters is 1. The first-order valence-corrected chi connectivity index (χ1v) is 7.34. The van der Waals surface area contributed by atoms with Gasteiger partial charge in [-0.05, 0) is 36.9 Å². The van der Waals surface area contributed by atoms with Crippen molar-refractivity contribution in [2.24, 2.45) is 11.3 Å². The zero-order chi connectivity index (χ0) is 13.1. The van der Waals surface area contributed by atoms with E-state index in [0.29, 0.717) is 6.42 Å². The van der Waals surface area contributed by atoms with Gasteiger partial charge in [0.2, 0.25) is 0 Å². The van der Waals surface area contributed by atoms with E-state index in [1.807, 2.05) is 20.8 Å². The molecule has 1 fully saturated rings. The van der Waals surface area contributed by atoms with Gasteiger partial charge in [0.05, 0.1) is 19.1 Å². The highest BCUT2D eigenvalue weighted by Crippen LogP contribution is 2.51. The highest BCUT2D eigenvalue weighted by Gasteiger charge is 2.44. The van der Waals surface area contributed by atoms with E-state index in [2.05, 4.69) is 0 Å². The third kappa shape index (κ3) is 4.51. The number of hydrogen-bond acceptors (Lipinski definition) is 4. The van der Waals surface area contributed by atoms with Crippen molar-refractivity contribution in [2.45, 2.75) is 45.6 Å². The first-order valence-electron chi connectivity index (χ1n) is 6.18. The molecule has 1 aliphatic carbocycles. The molecule has 100 valence electrons. The number of methoxy groups -OCH3 is 1. The summed E-state index contributed by atoms with van der Waals surface area (Å²) in [6.45, 7) is 5.94. The lowest BCUT2D eigenvalue weighted by Gasteiger charge is -2.28. The number of thioether (sulfide) groups is 1. The lowest BCUT2D eigenvalue weighted by molar-refractivity contribution is -0.141. The van der Waals surface area contributed by atoms with Crippen LogP contribution in [0.3, 0.4) is 0 Å². The van der Waals surface area contributed by atoms with Crippen molar-refractivity contribution in [3.8, 4) is 0 Å². The second-order valence-corrected chi connectivity index (χ2v) is 6.74. The molecule has 0 aromatic heterocycles. The van der Waals surface area contributed by atoms with E-state index in [1.165, 1.54) is 7.11 Å². The van der Waals surface area contributed by atoms with Crippen LogP contribution in [0.2, 0.25) is 0 Å². The Morgan fingerprint density at radius 1 is 1.53 bits per heavy atom. The molecule has 4 heteroatoms. The summed E-state index contributed by atoms with van der Waals surface area (Å²) in [5, 5.41) is 10.1. The van der Waals surface area contributed by atoms with E-state index in [9.17, 15) is 9.90 Å². The smallest absolute Gasteiger partial charge is 0.306 e. The predicted octanol–water partition coefficient (Wildman–Crippen LogP) is 2.47. The average Bonchev–Trinajstić information content (AvgIpc) is 2.97. The van der Waals surface area contributed by atoms with E-state index < -0.39 is 5.60 Å². The quantitative estimate of drug-likeness (QED) is 0.714. The number of rotatable bonds is 7. The number of carbonyl (C=O) groups excluding carboxylic acids is 1. The average molecular weight is 260 g/mol. The summed E-state index contributed by atoms with van der Waals surface area (Å²) in [7, 11) is 1.44. The number of aliphatic hydroxyl groups is 1. The summed E-state index contributed by atoms with van der Waals surface area (Å²) in [5.41, 5.74) is -0.461. The molecule has 0 heterocycles. The lowest BCUT2D eigenvalue weighted by atomic mass is 9.95. The summed E-state index contributed by atoms with van der Waals surface area (Å²) in [6, 6.07) is 0. The maximum absolute atomic E-state index is 11.3. The van der Waals surface area contributed by atoms with Gasteiger partial charge in [0.25, 0.3) is 0 Å². The first kappa shape index (κ1) is 14.8. The van der Waals surface area contributed by atoms with Gasteiger partial charge in [-0.2, -0.15) is 11.8 Å². The van der Waals surface area contributed by atoms with Crippen molar-refractivity contribution >= 4 is 17.7 Å². The molecule has 0 amide bonds. The minimum atomic E-state index is -0.619. The van der Waals surface area contributed by atoms with Gasteiger partial charge < -0.3 is 9.84 Å². The van der Waals surface area contributed by atoms with Crippen LogP contribution in [0.5, 0.6) is 0 Å². The normalized spacial score (nSPS) is 21.1. The molecule has 0 bridgehead atoms. The Morgan fingerprint density at radius 2 is 2.12 bits per heavy atom. The van der Waals surface area contributed by atoms with E-state index in [4.69, 9.17) is 4.74 Å². The molecule has 0 aliphatic heterocycles. The van der Waals surface area contributed by atoms with Gasteiger partial charge in [0, 0.05) is 5.75 Å².